The van der Waals surface area contributed by atoms with Gasteiger partial charge >= 0.3 is 6.18 Å². The van der Waals surface area contributed by atoms with Crippen molar-refractivity contribution in [3.05, 3.63) is 59.2 Å². The minimum Gasteiger partial charge on any atom is -0.398 e. The van der Waals surface area contributed by atoms with Crippen LogP contribution in [0.1, 0.15) is 21.5 Å². The summed E-state index contributed by atoms with van der Waals surface area (Å²) in [4.78, 5) is 24.8. The molecule has 150 valence electrons. The molecule has 0 spiro atoms. The third-order valence-corrected chi connectivity index (χ3v) is 4.04. The molecule has 0 aliphatic carbocycles. The Morgan fingerprint density at radius 3 is 2.25 bits per heavy atom. The average molecular weight is 412 g/mol. The van der Waals surface area contributed by atoms with Crippen LogP contribution in [0.4, 0.5) is 18.9 Å². The van der Waals surface area contributed by atoms with Crippen molar-refractivity contribution in [2.75, 3.05) is 12.3 Å². The number of hydrogen-bond donors (Lipinski definition) is 4. The molecule has 0 bridgehead atoms. The third-order valence-electron chi connectivity index (χ3n) is 3.76. The van der Waals surface area contributed by atoms with Crippen molar-refractivity contribution in [1.29, 1.82) is 0 Å². The van der Waals surface area contributed by atoms with Crippen molar-refractivity contribution in [1.82, 2.24) is 10.3 Å². The second-order valence-corrected chi connectivity index (χ2v) is 6.61. The van der Waals surface area contributed by atoms with Gasteiger partial charge in [0.2, 0.25) is 5.91 Å². The number of halogens is 3. The van der Waals surface area contributed by atoms with Gasteiger partial charge in [0.15, 0.2) is 0 Å². The molecule has 0 aliphatic rings. The molecular weight excluding hydrogens is 393 g/mol. The van der Waals surface area contributed by atoms with E-state index in [1.54, 1.807) is 6.07 Å². The third kappa shape index (κ3) is 6.46. The first-order chi connectivity index (χ1) is 13.0. The number of nitrogens with two attached hydrogens (primary N) is 2. The molecule has 2 amide bonds. The fourth-order valence-corrected chi connectivity index (χ4v) is 2.60. The summed E-state index contributed by atoms with van der Waals surface area (Å²) < 4.78 is 37.0. The molecule has 0 saturated carbocycles. The molecule has 10 heteroatoms. The summed E-state index contributed by atoms with van der Waals surface area (Å²) in [5, 5.41) is 3.28. The van der Waals surface area contributed by atoms with Gasteiger partial charge < -0.3 is 11.1 Å². The van der Waals surface area contributed by atoms with E-state index >= 15 is 0 Å². The summed E-state index contributed by atoms with van der Waals surface area (Å²) in [7, 11) is 0. The minimum atomic E-state index is -4.27. The highest BCUT2D eigenvalue weighted by molar-refractivity contribution is 7.80. The van der Waals surface area contributed by atoms with E-state index in [4.69, 9.17) is 11.6 Å². The minimum absolute atomic E-state index is 0.0870. The second kappa shape index (κ2) is 8.98. The lowest BCUT2D eigenvalue weighted by Gasteiger charge is -2.17. The van der Waals surface area contributed by atoms with E-state index in [0.29, 0.717) is 10.5 Å². The molecule has 0 radical (unpaired) electrons. The predicted octanol–water partition coefficient (Wildman–Crippen LogP) is 2.29. The van der Waals surface area contributed by atoms with Gasteiger partial charge in [-0.2, -0.15) is 13.2 Å². The zero-order valence-electron chi connectivity index (χ0n) is 14.7. The van der Waals surface area contributed by atoms with Gasteiger partial charge in [-0.05, 0) is 29.3 Å². The van der Waals surface area contributed by atoms with Crippen LogP contribution in [-0.2, 0) is 17.8 Å². The first kappa shape index (κ1) is 21.6. The maximum Gasteiger partial charge on any atom is 0.393 e. The van der Waals surface area contributed by atoms with Crippen LogP contribution < -0.4 is 16.9 Å². The lowest BCUT2D eigenvalue weighted by molar-refractivity contribution is -0.127. The van der Waals surface area contributed by atoms with Crippen LogP contribution in [0.2, 0.25) is 0 Å². The number of nitrogens with one attached hydrogen (secondary N) is 1. The van der Waals surface area contributed by atoms with E-state index in [9.17, 15) is 22.8 Å². The molecule has 2 rings (SSSR count). The molecule has 5 N–H and O–H groups in total. The Bertz CT molecular complexity index is 857. The van der Waals surface area contributed by atoms with Crippen LogP contribution in [-0.4, -0.2) is 29.5 Å². The maximum atomic E-state index is 12.3. The van der Waals surface area contributed by atoms with Crippen molar-refractivity contribution < 1.29 is 22.8 Å². The second-order valence-electron chi connectivity index (χ2n) is 6.09. The number of thiol groups is 1. The number of hydrazine groups is 1. The Hall–Kier alpha value is -2.72. The number of carbonyl (C=O) groups excluding carboxylic acids is 2. The van der Waals surface area contributed by atoms with Crippen LogP contribution in [0.25, 0.3) is 0 Å². The van der Waals surface area contributed by atoms with Gasteiger partial charge in [0.1, 0.15) is 6.54 Å². The van der Waals surface area contributed by atoms with Gasteiger partial charge in [0.05, 0.1) is 12.0 Å². The van der Waals surface area contributed by atoms with Crippen LogP contribution in [0.5, 0.6) is 0 Å². The summed E-state index contributed by atoms with van der Waals surface area (Å²) in [6, 6.07) is 10.2. The van der Waals surface area contributed by atoms with Gasteiger partial charge in [0.25, 0.3) is 5.91 Å². The van der Waals surface area contributed by atoms with Gasteiger partial charge in [-0.15, -0.1) is 12.6 Å². The smallest absolute Gasteiger partial charge is 0.393 e. The molecule has 0 heterocycles. The lowest BCUT2D eigenvalue weighted by atomic mass is 10.1. The molecular formula is C18H19F3N4O2S. The Morgan fingerprint density at radius 1 is 1.07 bits per heavy atom. The first-order valence-corrected chi connectivity index (χ1v) is 8.56. The van der Waals surface area contributed by atoms with Crippen molar-refractivity contribution in [3.8, 4) is 0 Å². The number of carbonyl (C=O) groups is 2. The monoisotopic (exact) mass is 412 g/mol. The summed E-state index contributed by atoms with van der Waals surface area (Å²) in [5.41, 5.74) is 6.83. The average Bonchev–Trinajstić information content (AvgIpc) is 2.59. The molecule has 2 aromatic rings. The molecule has 0 fully saturated rings. The molecule has 0 aliphatic heterocycles. The van der Waals surface area contributed by atoms with Gasteiger partial charge in [-0.25, -0.2) is 5.84 Å². The number of benzene rings is 2. The van der Waals surface area contributed by atoms with Crippen molar-refractivity contribution in [3.63, 3.8) is 0 Å². The summed E-state index contributed by atoms with van der Waals surface area (Å²) in [6.45, 7) is -0.323. The van der Waals surface area contributed by atoms with Crippen LogP contribution in [0.3, 0.4) is 0 Å². The normalized spacial score (nSPS) is 11.2. The molecule has 2 aromatic carbocycles. The number of alkyl halides is 3. The molecule has 0 saturated heterocycles. The highest BCUT2D eigenvalue weighted by Gasteiger charge is 2.27. The zero-order valence-corrected chi connectivity index (χ0v) is 15.6. The van der Waals surface area contributed by atoms with E-state index in [1.165, 1.54) is 36.4 Å². The molecule has 28 heavy (non-hydrogen) atoms. The Labute approximate surface area is 165 Å². The van der Waals surface area contributed by atoms with E-state index < -0.39 is 31.0 Å². The van der Waals surface area contributed by atoms with Crippen molar-refractivity contribution in [2.45, 2.75) is 24.0 Å². The Kier molecular flexibility index (Phi) is 6.92. The molecule has 0 unspecified atom stereocenters. The van der Waals surface area contributed by atoms with Gasteiger partial charge in [0, 0.05) is 17.1 Å². The van der Waals surface area contributed by atoms with E-state index in [0.717, 1.165) is 5.01 Å². The Morgan fingerprint density at radius 2 is 1.68 bits per heavy atom. The number of nitrogen functional groups attached to an aromatic ring is 1. The topological polar surface area (TPSA) is 101 Å². The summed E-state index contributed by atoms with van der Waals surface area (Å²) in [6.07, 6.45) is -5.29. The lowest BCUT2D eigenvalue weighted by Crippen LogP contribution is -2.45. The van der Waals surface area contributed by atoms with Gasteiger partial charge in [-0.3, -0.25) is 14.6 Å². The highest BCUT2D eigenvalue weighted by Crippen LogP contribution is 2.21. The van der Waals surface area contributed by atoms with Crippen molar-refractivity contribution in [2.24, 2.45) is 5.84 Å². The molecule has 0 atom stereocenters. The fourth-order valence-electron chi connectivity index (χ4n) is 2.39. The van der Waals surface area contributed by atoms with Crippen LogP contribution in [0, 0.1) is 0 Å². The van der Waals surface area contributed by atoms with Gasteiger partial charge in [-0.1, -0.05) is 24.3 Å². The molecule has 0 aromatic heterocycles. The quantitative estimate of drug-likeness (QED) is 0.192. The number of hydrogen-bond acceptors (Lipinski definition) is 5. The van der Waals surface area contributed by atoms with E-state index in [-0.39, 0.29) is 23.4 Å². The number of rotatable bonds is 6. The maximum absolute atomic E-state index is 12.3. The standard InChI is InChI=1S/C18H19F3N4O2S/c19-18(20,21)8-11-1-3-12(4-2-11)9-24-16(26)10-25(23)17(27)14-6-5-13(28)7-15(14)22/h1-7,28H,8-10,22-23H2,(H,24,26). The largest absolute Gasteiger partial charge is 0.398 e. The van der Waals surface area contributed by atoms with Crippen LogP contribution >= 0.6 is 12.6 Å². The number of nitrogens with zero attached hydrogens (tertiary/aromatic N) is 1. The summed E-state index contributed by atoms with van der Waals surface area (Å²) >= 11 is 4.11. The predicted molar refractivity (Wildman–Crippen MR) is 101 cm³/mol. The van der Waals surface area contributed by atoms with E-state index in [2.05, 4.69) is 17.9 Å². The van der Waals surface area contributed by atoms with Crippen LogP contribution in [0.15, 0.2) is 47.4 Å². The Balaban J connectivity index is 1.87. The number of amides is 2. The highest BCUT2D eigenvalue weighted by atomic mass is 32.1. The SMILES string of the molecule is Nc1cc(S)ccc1C(=O)N(N)CC(=O)NCc1ccc(CC(F)(F)F)cc1. The summed E-state index contributed by atoms with van der Waals surface area (Å²) in [5.74, 6) is 4.49. The first-order valence-electron chi connectivity index (χ1n) is 8.11. The van der Waals surface area contributed by atoms with Crippen molar-refractivity contribution >= 4 is 30.1 Å². The zero-order chi connectivity index (χ0) is 20.9. The number of anilines is 1. The molecule has 6 nitrogen and oxygen atoms in total. The van der Waals surface area contributed by atoms with E-state index in [1.807, 2.05) is 0 Å². The fraction of sp³-hybridized carbons (Fsp3) is 0.222.